The number of benzene rings is 3. The molecule has 4 rings (SSSR count). The number of carbonyl (C=O) groups excluding carboxylic acids is 2. The van der Waals surface area contributed by atoms with Crippen LogP contribution in [-0.2, 0) is 9.59 Å². The van der Waals surface area contributed by atoms with Crippen LogP contribution < -0.4 is 23.8 Å². The Bertz CT molecular complexity index is 1360. The number of rotatable bonds is 9. The van der Waals surface area contributed by atoms with Gasteiger partial charge in [-0.25, -0.2) is 0 Å². The van der Waals surface area contributed by atoms with Crippen LogP contribution in [0, 0.1) is 0 Å². The molecule has 1 saturated heterocycles. The molecule has 0 aromatic heterocycles. The van der Waals surface area contributed by atoms with Crippen LogP contribution in [0.4, 0.5) is 5.69 Å². The summed E-state index contributed by atoms with van der Waals surface area (Å²) in [5.41, 5.74) is 1.36. The molecule has 3 aromatic rings. The van der Waals surface area contributed by atoms with Gasteiger partial charge in [0, 0.05) is 11.3 Å². The molecule has 8 heteroatoms. The largest absolute Gasteiger partial charge is 0.507 e. The number of aliphatic hydroxyl groups excluding tert-OH is 1. The minimum Gasteiger partial charge on any atom is -0.507 e. The summed E-state index contributed by atoms with van der Waals surface area (Å²) in [7, 11) is 3.08. The molecule has 0 saturated carbocycles. The highest BCUT2D eigenvalue weighted by Gasteiger charge is 2.47. The zero-order valence-corrected chi connectivity index (χ0v) is 22.1. The summed E-state index contributed by atoms with van der Waals surface area (Å²) in [4.78, 5) is 28.3. The number of carbonyl (C=O) groups is 2. The minimum atomic E-state index is -0.928. The van der Waals surface area contributed by atoms with E-state index < -0.39 is 17.7 Å². The van der Waals surface area contributed by atoms with Crippen molar-refractivity contribution in [3.05, 3.63) is 83.4 Å². The molecular formula is C30H31NO7. The Hall–Kier alpha value is -4.46. The van der Waals surface area contributed by atoms with E-state index in [1.54, 1.807) is 73.8 Å². The van der Waals surface area contributed by atoms with Gasteiger partial charge in [-0.1, -0.05) is 18.2 Å². The van der Waals surface area contributed by atoms with Crippen molar-refractivity contribution in [2.75, 3.05) is 25.7 Å². The second-order valence-electron chi connectivity index (χ2n) is 8.90. The van der Waals surface area contributed by atoms with Crippen molar-refractivity contribution >= 4 is 23.1 Å². The highest BCUT2D eigenvalue weighted by molar-refractivity contribution is 6.51. The van der Waals surface area contributed by atoms with E-state index in [0.29, 0.717) is 46.4 Å². The Morgan fingerprint density at radius 3 is 2.29 bits per heavy atom. The molecule has 1 heterocycles. The van der Waals surface area contributed by atoms with Gasteiger partial charge in [0.15, 0.2) is 11.5 Å². The predicted octanol–water partition coefficient (Wildman–Crippen LogP) is 5.52. The summed E-state index contributed by atoms with van der Waals surface area (Å²) < 4.78 is 22.2. The summed E-state index contributed by atoms with van der Waals surface area (Å²) in [5.74, 6) is 0.250. The van der Waals surface area contributed by atoms with E-state index in [1.165, 1.54) is 12.0 Å². The molecule has 8 nitrogen and oxygen atoms in total. The van der Waals surface area contributed by atoms with Crippen molar-refractivity contribution in [3.8, 4) is 23.0 Å². The van der Waals surface area contributed by atoms with E-state index >= 15 is 0 Å². The second-order valence-corrected chi connectivity index (χ2v) is 8.90. The molecule has 3 aromatic carbocycles. The van der Waals surface area contributed by atoms with E-state index in [4.69, 9.17) is 18.9 Å². The maximum Gasteiger partial charge on any atom is 0.300 e. The van der Waals surface area contributed by atoms with Crippen molar-refractivity contribution in [1.29, 1.82) is 0 Å². The molecule has 1 atom stereocenters. The summed E-state index contributed by atoms with van der Waals surface area (Å²) in [5, 5.41) is 11.5. The van der Waals surface area contributed by atoms with Gasteiger partial charge in [-0.2, -0.15) is 0 Å². The summed E-state index contributed by atoms with van der Waals surface area (Å²) in [6.07, 6.45) is -0.0793. The van der Waals surface area contributed by atoms with Gasteiger partial charge in [0.05, 0.1) is 38.5 Å². The Kier molecular flexibility index (Phi) is 7.90. The third-order valence-corrected chi connectivity index (χ3v) is 6.08. The first-order valence-corrected chi connectivity index (χ1v) is 12.3. The van der Waals surface area contributed by atoms with Gasteiger partial charge in [0.1, 0.15) is 17.3 Å². The van der Waals surface area contributed by atoms with Gasteiger partial charge in [-0.15, -0.1) is 0 Å². The zero-order chi connectivity index (χ0) is 27.4. The lowest BCUT2D eigenvalue weighted by Crippen LogP contribution is -2.29. The van der Waals surface area contributed by atoms with Gasteiger partial charge in [0.2, 0.25) is 0 Å². The molecule has 1 aliphatic rings. The molecular weight excluding hydrogens is 486 g/mol. The van der Waals surface area contributed by atoms with E-state index in [9.17, 15) is 14.7 Å². The van der Waals surface area contributed by atoms with E-state index in [2.05, 4.69) is 0 Å². The van der Waals surface area contributed by atoms with Crippen molar-refractivity contribution in [1.82, 2.24) is 0 Å². The van der Waals surface area contributed by atoms with Crippen molar-refractivity contribution < 1.29 is 33.6 Å². The predicted molar refractivity (Wildman–Crippen MR) is 144 cm³/mol. The third kappa shape index (κ3) is 5.16. The SMILES string of the molecule is CCOc1cc(C2/C(=C(/O)c3cccc(OC(C)C)c3)C(=O)C(=O)N2c2ccc(OC)cc2)ccc1OC. The molecule has 198 valence electrons. The smallest absolute Gasteiger partial charge is 0.300 e. The average molecular weight is 518 g/mol. The van der Waals surface area contributed by atoms with Crippen LogP contribution in [0.5, 0.6) is 23.0 Å². The summed E-state index contributed by atoms with van der Waals surface area (Å²) in [6.45, 7) is 6.03. The zero-order valence-electron chi connectivity index (χ0n) is 22.1. The van der Waals surface area contributed by atoms with Gasteiger partial charge < -0.3 is 24.1 Å². The molecule has 0 aliphatic carbocycles. The van der Waals surface area contributed by atoms with E-state index in [1.807, 2.05) is 20.8 Å². The molecule has 0 radical (unpaired) electrons. The Morgan fingerprint density at radius 1 is 0.921 bits per heavy atom. The first kappa shape index (κ1) is 26.6. The van der Waals surface area contributed by atoms with Crippen molar-refractivity contribution in [2.45, 2.75) is 32.9 Å². The number of ketones is 1. The number of hydrogen-bond donors (Lipinski definition) is 1. The van der Waals surface area contributed by atoms with E-state index in [-0.39, 0.29) is 17.4 Å². The maximum absolute atomic E-state index is 13.5. The molecule has 1 fully saturated rings. The lowest BCUT2D eigenvalue weighted by atomic mass is 9.94. The van der Waals surface area contributed by atoms with Crippen LogP contribution in [0.15, 0.2) is 72.3 Å². The number of aliphatic hydroxyl groups is 1. The van der Waals surface area contributed by atoms with Crippen LogP contribution in [0.3, 0.4) is 0 Å². The molecule has 0 bridgehead atoms. The van der Waals surface area contributed by atoms with Crippen LogP contribution in [0.25, 0.3) is 5.76 Å². The minimum absolute atomic E-state index is 0.0415. The highest BCUT2D eigenvalue weighted by atomic mass is 16.5. The van der Waals surface area contributed by atoms with Crippen LogP contribution in [0.1, 0.15) is 37.9 Å². The van der Waals surface area contributed by atoms with Crippen LogP contribution >= 0.6 is 0 Å². The van der Waals surface area contributed by atoms with Crippen molar-refractivity contribution in [3.63, 3.8) is 0 Å². The molecule has 1 unspecified atom stereocenters. The Labute approximate surface area is 222 Å². The summed E-state index contributed by atoms with van der Waals surface area (Å²) in [6, 6.07) is 17.9. The fraction of sp³-hybridized carbons (Fsp3) is 0.267. The summed E-state index contributed by atoms with van der Waals surface area (Å²) >= 11 is 0. The number of methoxy groups -OCH3 is 2. The van der Waals surface area contributed by atoms with Gasteiger partial charge >= 0.3 is 0 Å². The van der Waals surface area contributed by atoms with Gasteiger partial charge in [0.25, 0.3) is 11.7 Å². The molecule has 1 aliphatic heterocycles. The van der Waals surface area contributed by atoms with E-state index in [0.717, 1.165) is 0 Å². The fourth-order valence-electron chi connectivity index (χ4n) is 4.43. The van der Waals surface area contributed by atoms with Gasteiger partial charge in [-0.3, -0.25) is 14.5 Å². The molecule has 1 amide bonds. The first-order chi connectivity index (χ1) is 18.3. The number of amides is 1. The lowest BCUT2D eigenvalue weighted by molar-refractivity contribution is -0.132. The highest BCUT2D eigenvalue weighted by Crippen LogP contribution is 2.44. The number of hydrogen-bond acceptors (Lipinski definition) is 7. The van der Waals surface area contributed by atoms with Crippen molar-refractivity contribution in [2.24, 2.45) is 0 Å². The molecule has 0 spiro atoms. The molecule has 1 N–H and O–H groups in total. The fourth-order valence-corrected chi connectivity index (χ4v) is 4.43. The monoisotopic (exact) mass is 517 g/mol. The van der Waals surface area contributed by atoms with Crippen LogP contribution in [0.2, 0.25) is 0 Å². The first-order valence-electron chi connectivity index (χ1n) is 12.3. The Balaban J connectivity index is 1.92. The number of nitrogens with zero attached hydrogens (tertiary/aromatic N) is 1. The lowest BCUT2D eigenvalue weighted by Gasteiger charge is -2.26. The maximum atomic E-state index is 13.5. The number of ether oxygens (including phenoxy) is 4. The molecule has 38 heavy (non-hydrogen) atoms. The average Bonchev–Trinajstić information content (AvgIpc) is 3.18. The quantitative estimate of drug-likeness (QED) is 0.227. The number of anilines is 1. The van der Waals surface area contributed by atoms with Crippen LogP contribution in [-0.4, -0.2) is 43.7 Å². The van der Waals surface area contributed by atoms with Gasteiger partial charge in [-0.05, 0) is 74.9 Å². The topological polar surface area (TPSA) is 94.5 Å². The normalized spacial score (nSPS) is 16.6. The number of Topliss-reactive ketones (excluding diaryl/α,β-unsaturated/α-hetero) is 1. The second kappa shape index (κ2) is 11.3. The Morgan fingerprint density at radius 2 is 1.66 bits per heavy atom. The third-order valence-electron chi connectivity index (χ3n) is 6.08. The standard InChI is InChI=1S/C30H31NO7/c1-6-37-25-17-19(10-15-24(25)36-5)27-26(28(32)20-8-7-9-23(16-20)38-18(2)3)29(33)30(34)31(27)21-11-13-22(35-4)14-12-21/h7-18,27,32H,6H2,1-5H3/b28-26-.